The molecule has 1 aromatic carbocycles. The van der Waals surface area contributed by atoms with Gasteiger partial charge in [0.15, 0.2) is 0 Å². The number of aromatic nitrogens is 2. The molecule has 0 unspecified atom stereocenters. The van der Waals surface area contributed by atoms with Gasteiger partial charge < -0.3 is 10.3 Å². The Hall–Kier alpha value is -2.44. The number of carbonyl (C=O) groups is 1. The van der Waals surface area contributed by atoms with Crippen molar-refractivity contribution in [2.75, 3.05) is 0 Å². The fourth-order valence-electron chi connectivity index (χ4n) is 2.93. The van der Waals surface area contributed by atoms with Crippen molar-refractivity contribution in [3.8, 4) is 0 Å². The first-order valence-corrected chi connectivity index (χ1v) is 7.54. The summed E-state index contributed by atoms with van der Waals surface area (Å²) < 4.78 is 0. The van der Waals surface area contributed by atoms with Gasteiger partial charge in [0.25, 0.3) is 5.69 Å². The van der Waals surface area contributed by atoms with Crippen LogP contribution in [0.1, 0.15) is 37.9 Å². The molecule has 1 amide bonds. The second-order valence-corrected chi connectivity index (χ2v) is 5.69. The van der Waals surface area contributed by atoms with Gasteiger partial charge in [0.2, 0.25) is 5.91 Å². The highest BCUT2D eigenvalue weighted by Gasteiger charge is 2.21. The van der Waals surface area contributed by atoms with Crippen LogP contribution in [0, 0.1) is 16.0 Å². The average Bonchev–Trinajstić information content (AvgIpc) is 2.95. The number of imidazole rings is 1. The highest BCUT2D eigenvalue weighted by Crippen LogP contribution is 2.24. The van der Waals surface area contributed by atoms with E-state index in [0.717, 1.165) is 25.7 Å². The van der Waals surface area contributed by atoms with Crippen LogP contribution in [0.25, 0.3) is 11.0 Å². The van der Waals surface area contributed by atoms with Crippen LogP contribution in [0.15, 0.2) is 18.2 Å². The maximum absolute atomic E-state index is 12.1. The van der Waals surface area contributed by atoms with Crippen molar-refractivity contribution >= 4 is 22.6 Å². The molecule has 0 aliphatic heterocycles. The lowest BCUT2D eigenvalue weighted by molar-refractivity contribution is -0.384. The standard InChI is InChI=1S/C15H18N4O3/c20-15(10-4-2-1-3-5-10)16-9-14-17-12-7-6-11(19(21)22)8-13(12)18-14/h6-8,10H,1-5,9H2,(H,16,20)(H,17,18). The van der Waals surface area contributed by atoms with Gasteiger partial charge in [0, 0.05) is 18.1 Å². The van der Waals surface area contributed by atoms with Crippen molar-refractivity contribution in [2.24, 2.45) is 5.92 Å². The Kier molecular flexibility index (Phi) is 4.04. The maximum atomic E-state index is 12.1. The summed E-state index contributed by atoms with van der Waals surface area (Å²) in [4.78, 5) is 29.8. The van der Waals surface area contributed by atoms with Gasteiger partial charge in [0.05, 0.1) is 22.5 Å². The summed E-state index contributed by atoms with van der Waals surface area (Å²) in [5.41, 5.74) is 1.29. The van der Waals surface area contributed by atoms with Crippen LogP contribution in [0.3, 0.4) is 0 Å². The molecule has 2 N–H and O–H groups in total. The molecular formula is C15H18N4O3. The highest BCUT2D eigenvalue weighted by molar-refractivity contribution is 5.79. The third-order valence-corrected chi connectivity index (χ3v) is 4.13. The van der Waals surface area contributed by atoms with Gasteiger partial charge in [-0.1, -0.05) is 19.3 Å². The van der Waals surface area contributed by atoms with Crippen molar-refractivity contribution in [3.63, 3.8) is 0 Å². The molecule has 7 nitrogen and oxygen atoms in total. The van der Waals surface area contributed by atoms with Crippen molar-refractivity contribution in [3.05, 3.63) is 34.1 Å². The maximum Gasteiger partial charge on any atom is 0.271 e. The van der Waals surface area contributed by atoms with E-state index in [2.05, 4.69) is 15.3 Å². The van der Waals surface area contributed by atoms with Crippen LogP contribution >= 0.6 is 0 Å². The second-order valence-electron chi connectivity index (χ2n) is 5.69. The molecule has 0 bridgehead atoms. The molecule has 1 aliphatic rings. The molecule has 1 fully saturated rings. The van der Waals surface area contributed by atoms with Crippen molar-refractivity contribution < 1.29 is 9.72 Å². The molecule has 1 aromatic heterocycles. The molecule has 1 aliphatic carbocycles. The molecule has 7 heteroatoms. The molecular weight excluding hydrogens is 284 g/mol. The fourth-order valence-corrected chi connectivity index (χ4v) is 2.93. The Morgan fingerprint density at radius 2 is 2.14 bits per heavy atom. The Balaban J connectivity index is 1.66. The SMILES string of the molecule is O=C(NCc1nc2ccc([N+](=O)[O-])cc2[nH]1)C1CCCCC1. The van der Waals surface area contributed by atoms with E-state index < -0.39 is 4.92 Å². The van der Waals surface area contributed by atoms with Gasteiger partial charge in [-0.25, -0.2) is 4.98 Å². The number of carbonyl (C=O) groups excluding carboxylic acids is 1. The third kappa shape index (κ3) is 3.08. The minimum atomic E-state index is -0.440. The van der Waals surface area contributed by atoms with Gasteiger partial charge in [-0.15, -0.1) is 0 Å². The predicted octanol–water partition coefficient (Wildman–Crippen LogP) is 2.67. The van der Waals surface area contributed by atoms with E-state index in [1.807, 2.05) is 0 Å². The monoisotopic (exact) mass is 302 g/mol. The van der Waals surface area contributed by atoms with Gasteiger partial charge in [-0.3, -0.25) is 14.9 Å². The Labute approximate surface area is 127 Å². The number of nitrogens with zero attached hydrogens (tertiary/aromatic N) is 2. The first kappa shape index (κ1) is 14.5. The number of fused-ring (bicyclic) bond motifs is 1. The minimum absolute atomic E-state index is 0.0222. The number of nitro groups is 1. The summed E-state index contributed by atoms with van der Waals surface area (Å²) in [7, 11) is 0. The Morgan fingerprint density at radius 1 is 1.36 bits per heavy atom. The van der Waals surface area contributed by atoms with E-state index in [0.29, 0.717) is 23.4 Å². The van der Waals surface area contributed by atoms with E-state index in [1.54, 1.807) is 6.07 Å². The lowest BCUT2D eigenvalue weighted by atomic mass is 9.89. The van der Waals surface area contributed by atoms with E-state index in [4.69, 9.17) is 0 Å². The molecule has 1 saturated carbocycles. The number of amides is 1. The summed E-state index contributed by atoms with van der Waals surface area (Å²) in [6.45, 7) is 0.317. The predicted molar refractivity (Wildman–Crippen MR) is 81.2 cm³/mol. The molecule has 3 rings (SSSR count). The van der Waals surface area contributed by atoms with E-state index in [9.17, 15) is 14.9 Å². The molecule has 0 atom stereocenters. The third-order valence-electron chi connectivity index (χ3n) is 4.13. The lowest BCUT2D eigenvalue weighted by Gasteiger charge is -2.20. The van der Waals surface area contributed by atoms with Crippen molar-refractivity contribution in [2.45, 2.75) is 38.6 Å². The molecule has 2 aromatic rings. The number of nitrogens with one attached hydrogen (secondary N) is 2. The smallest absolute Gasteiger partial charge is 0.271 e. The first-order chi connectivity index (χ1) is 10.6. The van der Waals surface area contributed by atoms with Gasteiger partial charge in [-0.05, 0) is 18.9 Å². The number of hydrogen-bond acceptors (Lipinski definition) is 4. The topological polar surface area (TPSA) is 101 Å². The Bertz CT molecular complexity index is 704. The van der Waals surface area contributed by atoms with Gasteiger partial charge in [-0.2, -0.15) is 0 Å². The summed E-state index contributed by atoms with van der Waals surface area (Å²) in [5.74, 6) is 0.796. The number of rotatable bonds is 4. The van der Waals surface area contributed by atoms with Crippen molar-refractivity contribution in [1.82, 2.24) is 15.3 Å². The second kappa shape index (κ2) is 6.13. The number of H-pyrrole nitrogens is 1. The van der Waals surface area contributed by atoms with Crippen LogP contribution in [-0.2, 0) is 11.3 Å². The summed E-state index contributed by atoms with van der Waals surface area (Å²) in [6.07, 6.45) is 5.36. The van der Waals surface area contributed by atoms with Crippen molar-refractivity contribution in [1.29, 1.82) is 0 Å². The summed E-state index contributed by atoms with van der Waals surface area (Å²) in [5, 5.41) is 13.7. The summed E-state index contributed by atoms with van der Waals surface area (Å²) in [6, 6.07) is 4.48. The van der Waals surface area contributed by atoms with E-state index >= 15 is 0 Å². The Morgan fingerprint density at radius 3 is 2.86 bits per heavy atom. The molecule has 22 heavy (non-hydrogen) atoms. The normalized spacial score (nSPS) is 15.8. The number of benzene rings is 1. The number of nitro benzene ring substituents is 1. The average molecular weight is 302 g/mol. The van der Waals surface area contributed by atoms with Gasteiger partial charge in [0.1, 0.15) is 5.82 Å². The zero-order valence-electron chi connectivity index (χ0n) is 12.2. The molecule has 0 spiro atoms. The quantitative estimate of drug-likeness (QED) is 0.669. The largest absolute Gasteiger partial charge is 0.349 e. The van der Waals surface area contributed by atoms with Crippen LogP contribution < -0.4 is 5.32 Å². The van der Waals surface area contributed by atoms with E-state index in [-0.39, 0.29) is 17.5 Å². The number of hydrogen-bond donors (Lipinski definition) is 2. The molecule has 0 radical (unpaired) electrons. The zero-order valence-corrected chi connectivity index (χ0v) is 12.2. The fraction of sp³-hybridized carbons (Fsp3) is 0.467. The minimum Gasteiger partial charge on any atom is -0.349 e. The zero-order chi connectivity index (χ0) is 15.5. The molecule has 1 heterocycles. The number of non-ortho nitro benzene ring substituents is 1. The van der Waals surface area contributed by atoms with Crippen LogP contribution in [0.5, 0.6) is 0 Å². The van der Waals surface area contributed by atoms with Gasteiger partial charge >= 0.3 is 0 Å². The molecule has 116 valence electrons. The molecule has 0 saturated heterocycles. The highest BCUT2D eigenvalue weighted by atomic mass is 16.6. The summed E-state index contributed by atoms with van der Waals surface area (Å²) >= 11 is 0. The lowest BCUT2D eigenvalue weighted by Crippen LogP contribution is -2.31. The van der Waals surface area contributed by atoms with Crippen LogP contribution in [0.4, 0.5) is 5.69 Å². The first-order valence-electron chi connectivity index (χ1n) is 7.54. The number of aromatic amines is 1. The van der Waals surface area contributed by atoms with Crippen LogP contribution in [0.2, 0.25) is 0 Å². The van der Waals surface area contributed by atoms with Crippen LogP contribution in [-0.4, -0.2) is 20.8 Å². The van der Waals surface area contributed by atoms with E-state index in [1.165, 1.54) is 18.6 Å².